The first kappa shape index (κ1) is 19.0. The number of hydrogen-bond acceptors (Lipinski definition) is 5. The van der Waals surface area contributed by atoms with Crippen LogP contribution in [0.5, 0.6) is 0 Å². The molecule has 1 aromatic carbocycles. The molecule has 4 nitrogen and oxygen atoms in total. The Morgan fingerprint density at radius 3 is 2.67 bits per heavy atom. The third kappa shape index (κ3) is 6.65. The van der Waals surface area contributed by atoms with Crippen molar-refractivity contribution in [1.82, 2.24) is 4.90 Å². The Hall–Kier alpha value is -1.33. The van der Waals surface area contributed by atoms with Gasteiger partial charge in [0.25, 0.3) is 0 Å². The molecule has 1 heterocycles. The van der Waals surface area contributed by atoms with E-state index in [1.165, 1.54) is 17.1 Å². The van der Waals surface area contributed by atoms with Gasteiger partial charge in [0.2, 0.25) is 0 Å². The molecule has 0 spiro atoms. The summed E-state index contributed by atoms with van der Waals surface area (Å²) in [4.78, 5) is 26.0. The van der Waals surface area contributed by atoms with Crippen molar-refractivity contribution >= 4 is 23.5 Å². The van der Waals surface area contributed by atoms with E-state index in [1.807, 2.05) is 30.0 Å². The van der Waals surface area contributed by atoms with Gasteiger partial charge >= 0.3 is 5.97 Å². The first-order chi connectivity index (χ1) is 11.7. The molecule has 0 radical (unpaired) electrons. The summed E-state index contributed by atoms with van der Waals surface area (Å²) < 4.78 is 4.89. The number of thioether (sulfide) groups is 1. The number of benzene rings is 1. The zero-order chi connectivity index (χ0) is 17.2. The van der Waals surface area contributed by atoms with Gasteiger partial charge < -0.3 is 4.74 Å². The molecule has 24 heavy (non-hydrogen) atoms. The summed E-state index contributed by atoms with van der Waals surface area (Å²) in [5.41, 5.74) is 1.99. The van der Waals surface area contributed by atoms with E-state index in [2.05, 4.69) is 11.0 Å². The summed E-state index contributed by atoms with van der Waals surface area (Å²) >= 11 is 2.00. The molecule has 0 aromatic heterocycles. The Bertz CT molecular complexity index is 541. The second kappa shape index (κ2) is 10.5. The molecule has 0 aliphatic carbocycles. The normalized spacial score (nSPS) is 15.2. The van der Waals surface area contributed by atoms with Crippen molar-refractivity contribution in [3.63, 3.8) is 0 Å². The van der Waals surface area contributed by atoms with Gasteiger partial charge in [-0.25, -0.2) is 0 Å². The van der Waals surface area contributed by atoms with Crippen molar-refractivity contribution in [2.24, 2.45) is 0 Å². The number of Topliss-reactive ketones (excluding diaryl/α,β-unsaturated/α-hetero) is 1. The lowest BCUT2D eigenvalue weighted by atomic mass is 10.0. The maximum Gasteiger partial charge on any atom is 0.305 e. The molecule has 0 bridgehead atoms. The number of esters is 1. The topological polar surface area (TPSA) is 46.6 Å². The zero-order valence-electron chi connectivity index (χ0n) is 14.5. The van der Waals surface area contributed by atoms with Gasteiger partial charge in [0.05, 0.1) is 6.61 Å². The second-order valence-corrected chi connectivity index (χ2v) is 7.25. The predicted octanol–water partition coefficient (Wildman–Crippen LogP) is 3.54. The lowest BCUT2D eigenvalue weighted by Gasteiger charge is -2.26. The largest absolute Gasteiger partial charge is 0.466 e. The number of unbranched alkanes of at least 4 members (excludes halogenated alkanes) is 1. The highest BCUT2D eigenvalue weighted by Gasteiger charge is 2.12. The van der Waals surface area contributed by atoms with E-state index in [-0.39, 0.29) is 11.8 Å². The number of rotatable bonds is 9. The van der Waals surface area contributed by atoms with E-state index in [1.54, 1.807) is 6.92 Å². The van der Waals surface area contributed by atoms with E-state index in [0.717, 1.165) is 31.6 Å². The van der Waals surface area contributed by atoms with Crippen LogP contribution in [0.2, 0.25) is 0 Å². The Kier molecular flexibility index (Phi) is 8.33. The van der Waals surface area contributed by atoms with Crippen LogP contribution in [0.15, 0.2) is 24.3 Å². The summed E-state index contributed by atoms with van der Waals surface area (Å²) in [5.74, 6) is 2.37. The van der Waals surface area contributed by atoms with E-state index < -0.39 is 0 Å². The van der Waals surface area contributed by atoms with E-state index >= 15 is 0 Å². The van der Waals surface area contributed by atoms with Gasteiger partial charge in [0.1, 0.15) is 0 Å². The van der Waals surface area contributed by atoms with Crippen molar-refractivity contribution in [2.45, 2.75) is 39.2 Å². The highest BCUT2D eigenvalue weighted by Crippen LogP contribution is 2.15. The molecule has 2 rings (SSSR count). The van der Waals surface area contributed by atoms with Crippen molar-refractivity contribution in [3.05, 3.63) is 35.4 Å². The molecular weight excluding hydrogens is 322 g/mol. The van der Waals surface area contributed by atoms with Crippen LogP contribution in [0, 0.1) is 0 Å². The minimum absolute atomic E-state index is 0.162. The van der Waals surface area contributed by atoms with Crippen LogP contribution in [0.4, 0.5) is 0 Å². The fraction of sp³-hybridized carbons (Fsp3) is 0.579. The zero-order valence-corrected chi connectivity index (χ0v) is 15.3. The monoisotopic (exact) mass is 349 g/mol. The number of nitrogens with zero attached hydrogens (tertiary/aromatic N) is 1. The van der Waals surface area contributed by atoms with Crippen LogP contribution in [0.1, 0.15) is 48.5 Å². The van der Waals surface area contributed by atoms with Crippen molar-refractivity contribution in [2.75, 3.05) is 31.2 Å². The summed E-state index contributed by atoms with van der Waals surface area (Å²) in [6.07, 6.45) is 2.32. The van der Waals surface area contributed by atoms with Gasteiger partial charge in [-0.3, -0.25) is 14.5 Å². The Labute approximate surface area is 148 Å². The van der Waals surface area contributed by atoms with Crippen LogP contribution >= 0.6 is 11.8 Å². The third-order valence-electron chi connectivity index (χ3n) is 4.10. The summed E-state index contributed by atoms with van der Waals surface area (Å²) in [5, 5.41) is 0. The number of carbonyl (C=O) groups is 2. The maximum absolute atomic E-state index is 12.3. The maximum atomic E-state index is 12.3. The van der Waals surface area contributed by atoms with Gasteiger partial charge in [-0.1, -0.05) is 18.2 Å². The van der Waals surface area contributed by atoms with Gasteiger partial charge in [-0.2, -0.15) is 11.8 Å². The highest BCUT2D eigenvalue weighted by atomic mass is 32.2. The molecule has 0 saturated carbocycles. The smallest absolute Gasteiger partial charge is 0.305 e. The average Bonchev–Trinajstić information content (AvgIpc) is 2.60. The molecule has 1 aliphatic heterocycles. The third-order valence-corrected chi connectivity index (χ3v) is 5.04. The predicted molar refractivity (Wildman–Crippen MR) is 98.5 cm³/mol. The molecule has 132 valence electrons. The summed E-state index contributed by atoms with van der Waals surface area (Å²) in [6.45, 7) is 5.38. The average molecular weight is 349 g/mol. The first-order valence-electron chi connectivity index (χ1n) is 8.77. The molecule has 5 heteroatoms. The standard InChI is InChI=1S/C19H27NO3S/c1-2-23-19(22)9-4-3-8-18(21)17-7-5-6-16(14-17)15-20-10-12-24-13-11-20/h5-7,14H,2-4,8-13,15H2,1H3. The first-order valence-corrected chi connectivity index (χ1v) is 9.92. The molecule has 1 aliphatic rings. The number of ketones is 1. The van der Waals surface area contributed by atoms with E-state index in [0.29, 0.717) is 25.9 Å². The van der Waals surface area contributed by atoms with E-state index in [4.69, 9.17) is 4.74 Å². The Balaban J connectivity index is 1.77. The van der Waals surface area contributed by atoms with Gasteiger partial charge in [-0.05, 0) is 31.4 Å². The number of hydrogen-bond donors (Lipinski definition) is 0. The van der Waals surface area contributed by atoms with Crippen LogP contribution < -0.4 is 0 Å². The number of carbonyl (C=O) groups excluding carboxylic acids is 2. The van der Waals surface area contributed by atoms with Crippen LogP contribution in [0.3, 0.4) is 0 Å². The van der Waals surface area contributed by atoms with Crippen molar-refractivity contribution in [3.8, 4) is 0 Å². The van der Waals surface area contributed by atoms with Gasteiger partial charge in [0, 0.05) is 49.5 Å². The molecule has 1 aromatic rings. The van der Waals surface area contributed by atoms with Crippen molar-refractivity contribution in [1.29, 1.82) is 0 Å². The fourth-order valence-corrected chi connectivity index (χ4v) is 3.77. The quantitative estimate of drug-likeness (QED) is 0.388. The minimum atomic E-state index is -0.174. The van der Waals surface area contributed by atoms with Crippen molar-refractivity contribution < 1.29 is 14.3 Å². The SMILES string of the molecule is CCOC(=O)CCCCC(=O)c1cccc(CN2CCSCC2)c1. The molecule has 0 atom stereocenters. The molecule has 1 fully saturated rings. The van der Waals surface area contributed by atoms with Crippen LogP contribution in [-0.2, 0) is 16.1 Å². The van der Waals surface area contributed by atoms with Crippen LogP contribution in [-0.4, -0.2) is 47.9 Å². The number of ether oxygens (including phenoxy) is 1. The lowest BCUT2D eigenvalue weighted by Crippen LogP contribution is -2.31. The van der Waals surface area contributed by atoms with Gasteiger partial charge in [0.15, 0.2) is 5.78 Å². The molecule has 0 amide bonds. The van der Waals surface area contributed by atoms with Crippen LogP contribution in [0.25, 0.3) is 0 Å². The van der Waals surface area contributed by atoms with E-state index in [9.17, 15) is 9.59 Å². The molecule has 0 N–H and O–H groups in total. The fourth-order valence-electron chi connectivity index (χ4n) is 2.79. The minimum Gasteiger partial charge on any atom is -0.466 e. The summed E-state index contributed by atoms with van der Waals surface area (Å²) in [7, 11) is 0. The highest BCUT2D eigenvalue weighted by molar-refractivity contribution is 7.99. The molecule has 0 unspecified atom stereocenters. The van der Waals surface area contributed by atoms with Gasteiger partial charge in [-0.15, -0.1) is 0 Å². The molecular formula is C19H27NO3S. The lowest BCUT2D eigenvalue weighted by molar-refractivity contribution is -0.143. The summed E-state index contributed by atoms with van der Waals surface area (Å²) in [6, 6.07) is 7.98. The Morgan fingerprint density at radius 1 is 1.17 bits per heavy atom. The Morgan fingerprint density at radius 2 is 1.92 bits per heavy atom. The molecule has 1 saturated heterocycles. The second-order valence-electron chi connectivity index (χ2n) is 6.02.